The monoisotopic (exact) mass is 317 g/mol. The fraction of sp³-hybridized carbons (Fsp3) is 0.200. The molecule has 0 spiro atoms. The first-order valence-electron chi connectivity index (χ1n) is 5.15. The standard InChI is InChI=1S/C10H9Cl2N5OS/c1-17-10(14-15-16-17)19-5-9(18)13-8-3-6(11)2-7(12)4-8/h2-4H,5H2,1H3,(H,13,18). The Kier molecular flexibility index (Phi) is 4.62. The first-order valence-corrected chi connectivity index (χ1v) is 6.90. The van der Waals surface area contributed by atoms with Crippen LogP contribution < -0.4 is 5.32 Å². The molecular formula is C10H9Cl2N5OS. The van der Waals surface area contributed by atoms with Crippen LogP contribution in [0.2, 0.25) is 10.0 Å². The second-order valence-corrected chi connectivity index (χ2v) is 5.40. The molecule has 0 bridgehead atoms. The average Bonchev–Trinajstić information content (AvgIpc) is 2.71. The van der Waals surface area contributed by atoms with Gasteiger partial charge in [-0.25, -0.2) is 4.68 Å². The molecule has 0 unspecified atom stereocenters. The number of benzene rings is 1. The summed E-state index contributed by atoms with van der Waals surface area (Å²) in [7, 11) is 1.71. The maximum absolute atomic E-state index is 11.7. The molecular weight excluding hydrogens is 309 g/mol. The smallest absolute Gasteiger partial charge is 0.234 e. The van der Waals surface area contributed by atoms with E-state index < -0.39 is 0 Å². The zero-order chi connectivity index (χ0) is 13.8. The number of nitrogens with one attached hydrogen (secondary N) is 1. The zero-order valence-corrected chi connectivity index (χ0v) is 12.1. The molecule has 2 rings (SSSR count). The van der Waals surface area contributed by atoms with Gasteiger partial charge in [-0.1, -0.05) is 35.0 Å². The van der Waals surface area contributed by atoms with Crippen LogP contribution in [0.5, 0.6) is 0 Å². The highest BCUT2D eigenvalue weighted by atomic mass is 35.5. The number of halogens is 2. The first kappa shape index (κ1) is 14.1. The van der Waals surface area contributed by atoms with Crippen LogP contribution in [-0.4, -0.2) is 31.9 Å². The Morgan fingerprint density at radius 1 is 1.37 bits per heavy atom. The number of carbonyl (C=O) groups is 1. The number of tetrazole rings is 1. The van der Waals surface area contributed by atoms with E-state index in [0.29, 0.717) is 20.9 Å². The summed E-state index contributed by atoms with van der Waals surface area (Å²) in [4.78, 5) is 11.7. The molecule has 9 heteroatoms. The Hall–Kier alpha value is -1.31. The largest absolute Gasteiger partial charge is 0.325 e. The van der Waals surface area contributed by atoms with Gasteiger partial charge >= 0.3 is 0 Å². The van der Waals surface area contributed by atoms with Crippen molar-refractivity contribution in [2.75, 3.05) is 11.1 Å². The predicted molar refractivity (Wildman–Crippen MR) is 74.6 cm³/mol. The number of hydrogen-bond donors (Lipinski definition) is 1. The van der Waals surface area contributed by atoms with E-state index in [4.69, 9.17) is 23.2 Å². The Bertz CT molecular complexity index is 583. The normalized spacial score (nSPS) is 10.5. The number of anilines is 1. The number of amides is 1. The molecule has 6 nitrogen and oxygen atoms in total. The summed E-state index contributed by atoms with van der Waals surface area (Å²) in [5.41, 5.74) is 0.555. The molecule has 19 heavy (non-hydrogen) atoms. The maximum atomic E-state index is 11.7. The third-order valence-corrected chi connectivity index (χ3v) is 3.51. The predicted octanol–water partition coefficient (Wildman–Crippen LogP) is 2.25. The van der Waals surface area contributed by atoms with Crippen molar-refractivity contribution in [2.24, 2.45) is 7.05 Å². The summed E-state index contributed by atoms with van der Waals surface area (Å²) in [6.07, 6.45) is 0. The van der Waals surface area contributed by atoms with Crippen LogP contribution in [0.15, 0.2) is 23.4 Å². The SMILES string of the molecule is Cn1nnnc1SCC(=O)Nc1cc(Cl)cc(Cl)c1. The molecule has 100 valence electrons. The summed E-state index contributed by atoms with van der Waals surface area (Å²) in [6.45, 7) is 0. The quantitative estimate of drug-likeness (QED) is 0.875. The topological polar surface area (TPSA) is 72.7 Å². The van der Waals surface area contributed by atoms with Gasteiger partial charge in [0.25, 0.3) is 0 Å². The van der Waals surface area contributed by atoms with Gasteiger partial charge in [0.1, 0.15) is 0 Å². The van der Waals surface area contributed by atoms with Crippen LogP contribution in [0.1, 0.15) is 0 Å². The second-order valence-electron chi connectivity index (χ2n) is 3.58. The van der Waals surface area contributed by atoms with Gasteiger partial charge in [-0.05, 0) is 28.6 Å². The highest BCUT2D eigenvalue weighted by Gasteiger charge is 2.08. The number of carbonyl (C=O) groups excluding carboxylic acids is 1. The van der Waals surface area contributed by atoms with Crippen LogP contribution in [0.4, 0.5) is 5.69 Å². The van der Waals surface area contributed by atoms with Gasteiger partial charge in [-0.2, -0.15) is 0 Å². The van der Waals surface area contributed by atoms with E-state index >= 15 is 0 Å². The third kappa shape index (κ3) is 4.09. The van der Waals surface area contributed by atoms with Gasteiger partial charge in [0, 0.05) is 22.8 Å². The van der Waals surface area contributed by atoms with Gasteiger partial charge in [0.15, 0.2) is 0 Å². The first-order chi connectivity index (χ1) is 9.04. The number of hydrogen-bond acceptors (Lipinski definition) is 5. The molecule has 0 radical (unpaired) electrons. The second kappa shape index (κ2) is 6.23. The molecule has 0 atom stereocenters. The van der Waals surface area contributed by atoms with Gasteiger partial charge in [0.05, 0.1) is 5.75 Å². The molecule has 0 saturated carbocycles. The summed E-state index contributed by atoms with van der Waals surface area (Å²) >= 11 is 12.9. The Labute approximate surface area is 123 Å². The highest BCUT2D eigenvalue weighted by molar-refractivity contribution is 7.99. The van der Waals surface area contributed by atoms with Crippen molar-refractivity contribution in [1.29, 1.82) is 0 Å². The lowest BCUT2D eigenvalue weighted by Gasteiger charge is -2.05. The Morgan fingerprint density at radius 3 is 2.63 bits per heavy atom. The van der Waals surface area contributed by atoms with E-state index in [-0.39, 0.29) is 11.7 Å². The van der Waals surface area contributed by atoms with Crippen LogP contribution >= 0.6 is 35.0 Å². The van der Waals surface area contributed by atoms with Crippen LogP contribution in [-0.2, 0) is 11.8 Å². The summed E-state index contributed by atoms with van der Waals surface area (Å²) in [5, 5.41) is 15.1. The molecule has 2 aromatic rings. The molecule has 0 fully saturated rings. The molecule has 0 saturated heterocycles. The Morgan fingerprint density at radius 2 is 2.05 bits per heavy atom. The van der Waals surface area contributed by atoms with E-state index in [0.717, 1.165) is 0 Å². The molecule has 1 amide bonds. The lowest BCUT2D eigenvalue weighted by molar-refractivity contribution is -0.113. The van der Waals surface area contributed by atoms with Crippen molar-refractivity contribution >= 4 is 46.6 Å². The minimum atomic E-state index is -0.189. The number of nitrogens with zero attached hydrogens (tertiary/aromatic N) is 4. The fourth-order valence-electron chi connectivity index (χ4n) is 1.30. The van der Waals surface area contributed by atoms with E-state index in [9.17, 15) is 4.79 Å². The molecule has 0 aliphatic heterocycles. The van der Waals surface area contributed by atoms with E-state index in [1.165, 1.54) is 16.4 Å². The lowest BCUT2D eigenvalue weighted by atomic mass is 10.3. The van der Waals surface area contributed by atoms with Crippen molar-refractivity contribution in [3.63, 3.8) is 0 Å². The number of aromatic nitrogens is 4. The lowest BCUT2D eigenvalue weighted by Crippen LogP contribution is -2.14. The molecule has 0 aliphatic rings. The molecule has 1 N–H and O–H groups in total. The fourth-order valence-corrected chi connectivity index (χ4v) is 2.47. The van der Waals surface area contributed by atoms with E-state index in [1.54, 1.807) is 25.2 Å². The van der Waals surface area contributed by atoms with Gasteiger partial charge in [-0.3, -0.25) is 4.79 Å². The maximum Gasteiger partial charge on any atom is 0.234 e. The van der Waals surface area contributed by atoms with Gasteiger partial charge in [0.2, 0.25) is 11.1 Å². The van der Waals surface area contributed by atoms with Crippen LogP contribution in [0, 0.1) is 0 Å². The molecule has 1 aromatic carbocycles. The Balaban J connectivity index is 1.92. The zero-order valence-electron chi connectivity index (χ0n) is 9.80. The molecule has 1 heterocycles. The molecule has 1 aromatic heterocycles. The van der Waals surface area contributed by atoms with E-state index in [1.807, 2.05) is 0 Å². The molecule has 0 aliphatic carbocycles. The average molecular weight is 318 g/mol. The van der Waals surface area contributed by atoms with Gasteiger partial charge < -0.3 is 5.32 Å². The van der Waals surface area contributed by atoms with Crippen molar-refractivity contribution in [3.05, 3.63) is 28.2 Å². The van der Waals surface area contributed by atoms with Crippen LogP contribution in [0.25, 0.3) is 0 Å². The van der Waals surface area contributed by atoms with Gasteiger partial charge in [-0.15, -0.1) is 5.10 Å². The van der Waals surface area contributed by atoms with Crippen molar-refractivity contribution in [3.8, 4) is 0 Å². The number of rotatable bonds is 4. The number of aryl methyl sites for hydroxylation is 1. The van der Waals surface area contributed by atoms with Crippen molar-refractivity contribution in [1.82, 2.24) is 20.2 Å². The highest BCUT2D eigenvalue weighted by Crippen LogP contribution is 2.22. The van der Waals surface area contributed by atoms with Crippen LogP contribution in [0.3, 0.4) is 0 Å². The van der Waals surface area contributed by atoms with Crippen molar-refractivity contribution in [2.45, 2.75) is 5.16 Å². The summed E-state index contributed by atoms with van der Waals surface area (Å²) in [5.74, 6) is 0.00422. The van der Waals surface area contributed by atoms with E-state index in [2.05, 4.69) is 20.8 Å². The summed E-state index contributed by atoms with van der Waals surface area (Å²) in [6, 6.07) is 4.85. The third-order valence-electron chi connectivity index (χ3n) is 2.06. The summed E-state index contributed by atoms with van der Waals surface area (Å²) < 4.78 is 1.49. The van der Waals surface area contributed by atoms with Crippen molar-refractivity contribution < 1.29 is 4.79 Å². The minimum Gasteiger partial charge on any atom is -0.325 e. The minimum absolute atomic E-state index is 0.189. The number of thioether (sulfide) groups is 1.